The van der Waals surface area contributed by atoms with Crippen LogP contribution in [-0.4, -0.2) is 17.6 Å². The Kier molecular flexibility index (Phi) is 4.11. The van der Waals surface area contributed by atoms with Crippen molar-refractivity contribution in [1.29, 1.82) is 0 Å². The number of carbonyl (C=O) groups is 1. The van der Waals surface area contributed by atoms with E-state index in [4.69, 9.17) is 16.0 Å². The number of benzene rings is 2. The van der Waals surface area contributed by atoms with Gasteiger partial charge in [0.2, 0.25) is 0 Å². The predicted molar refractivity (Wildman–Crippen MR) is 89.6 cm³/mol. The molecule has 0 fully saturated rings. The maximum absolute atomic E-state index is 12.2. The summed E-state index contributed by atoms with van der Waals surface area (Å²) >= 11 is 6.00. The molecule has 1 aromatic heterocycles. The van der Waals surface area contributed by atoms with Crippen molar-refractivity contribution in [2.45, 2.75) is 12.5 Å². The molecule has 23 heavy (non-hydrogen) atoms. The molecule has 0 saturated carbocycles. The lowest BCUT2D eigenvalue weighted by molar-refractivity contribution is 0.0344. The Bertz CT molecular complexity index is 821. The quantitative estimate of drug-likeness (QED) is 0.766. The highest BCUT2D eigenvalue weighted by atomic mass is 35.5. The summed E-state index contributed by atoms with van der Waals surface area (Å²) in [5.41, 5.74) is -0.259. The Morgan fingerprint density at radius 2 is 1.91 bits per heavy atom. The third-order valence-corrected chi connectivity index (χ3v) is 4.00. The monoisotopic (exact) mass is 329 g/mol. The molecule has 0 aliphatic carbocycles. The largest absolute Gasteiger partial charge is 0.458 e. The Morgan fingerprint density at radius 1 is 1.22 bits per heavy atom. The van der Waals surface area contributed by atoms with Crippen LogP contribution in [-0.2, 0) is 5.60 Å². The van der Waals surface area contributed by atoms with Gasteiger partial charge in [-0.3, -0.25) is 4.79 Å². The van der Waals surface area contributed by atoms with Gasteiger partial charge in [0.05, 0.1) is 17.1 Å². The fraction of sp³-hybridized carbons (Fsp3) is 0.167. The van der Waals surface area contributed by atoms with E-state index in [-0.39, 0.29) is 12.5 Å². The molecule has 1 amide bonds. The van der Waals surface area contributed by atoms with E-state index >= 15 is 0 Å². The summed E-state index contributed by atoms with van der Waals surface area (Å²) in [5, 5.41) is 14.6. The van der Waals surface area contributed by atoms with Gasteiger partial charge in [0.25, 0.3) is 5.91 Å². The van der Waals surface area contributed by atoms with E-state index < -0.39 is 5.60 Å². The molecule has 2 N–H and O–H groups in total. The fourth-order valence-corrected chi connectivity index (χ4v) is 2.55. The molecule has 0 spiro atoms. The minimum Gasteiger partial charge on any atom is -0.458 e. The smallest absolute Gasteiger partial charge is 0.252 e. The first kappa shape index (κ1) is 15.6. The lowest BCUT2D eigenvalue weighted by atomic mass is 10.0. The molecule has 0 aliphatic heterocycles. The first-order valence-electron chi connectivity index (χ1n) is 7.21. The van der Waals surface area contributed by atoms with Crippen LogP contribution in [0.25, 0.3) is 11.0 Å². The molecule has 4 nitrogen and oxygen atoms in total. The highest BCUT2D eigenvalue weighted by Crippen LogP contribution is 2.27. The fourth-order valence-electron chi connectivity index (χ4n) is 2.33. The van der Waals surface area contributed by atoms with Gasteiger partial charge in [-0.15, -0.1) is 0 Å². The Balaban J connectivity index is 1.76. The van der Waals surface area contributed by atoms with Crippen LogP contribution < -0.4 is 5.32 Å². The van der Waals surface area contributed by atoms with Crippen molar-refractivity contribution >= 4 is 28.5 Å². The molecule has 0 radical (unpaired) electrons. The number of amides is 1. The maximum atomic E-state index is 12.2. The summed E-state index contributed by atoms with van der Waals surface area (Å²) in [6, 6.07) is 16.0. The van der Waals surface area contributed by atoms with Gasteiger partial charge >= 0.3 is 0 Å². The second-order valence-corrected chi connectivity index (χ2v) is 5.99. The second kappa shape index (κ2) is 6.07. The number of halogens is 1. The molecule has 1 atom stereocenters. The number of furan rings is 1. The zero-order chi connectivity index (χ0) is 16.4. The average molecular weight is 330 g/mol. The second-order valence-electron chi connectivity index (χ2n) is 5.58. The Hall–Kier alpha value is -2.30. The number of hydrogen-bond acceptors (Lipinski definition) is 3. The van der Waals surface area contributed by atoms with E-state index in [1.54, 1.807) is 37.3 Å². The number of carbonyl (C=O) groups excluding carboxylic acids is 1. The summed E-state index contributed by atoms with van der Waals surface area (Å²) in [7, 11) is 0. The summed E-state index contributed by atoms with van der Waals surface area (Å²) in [6.07, 6.45) is 0. The van der Waals surface area contributed by atoms with E-state index in [9.17, 15) is 9.90 Å². The van der Waals surface area contributed by atoms with Crippen molar-refractivity contribution in [1.82, 2.24) is 5.32 Å². The van der Waals surface area contributed by atoms with Crippen molar-refractivity contribution in [2.75, 3.05) is 6.54 Å². The van der Waals surface area contributed by atoms with Gasteiger partial charge in [-0.25, -0.2) is 0 Å². The van der Waals surface area contributed by atoms with E-state index in [0.717, 1.165) is 5.39 Å². The van der Waals surface area contributed by atoms with E-state index in [1.165, 1.54) is 0 Å². The number of nitrogens with one attached hydrogen (secondary N) is 1. The van der Waals surface area contributed by atoms with Crippen LogP contribution in [0.15, 0.2) is 59.0 Å². The molecule has 2 aromatic carbocycles. The summed E-state index contributed by atoms with van der Waals surface area (Å²) in [5.74, 6) is 0.0603. The minimum absolute atomic E-state index is 0.0108. The molecule has 1 unspecified atom stereocenters. The number of aliphatic hydroxyl groups is 1. The standard InChI is InChI=1S/C18H16ClNO3/c1-18(22,16-10-12-6-2-5-9-15(12)23-16)11-20-17(21)13-7-3-4-8-14(13)19/h2-10,22H,11H2,1H3,(H,20,21). The van der Waals surface area contributed by atoms with Crippen LogP contribution in [0.1, 0.15) is 23.0 Å². The highest BCUT2D eigenvalue weighted by Gasteiger charge is 2.28. The van der Waals surface area contributed by atoms with Gasteiger partial charge in [0.1, 0.15) is 16.9 Å². The number of rotatable bonds is 4. The molecule has 1 heterocycles. The number of hydrogen-bond donors (Lipinski definition) is 2. The molecule has 0 bridgehead atoms. The molecular weight excluding hydrogens is 314 g/mol. The average Bonchev–Trinajstić information content (AvgIpc) is 2.98. The highest BCUT2D eigenvalue weighted by molar-refractivity contribution is 6.33. The van der Waals surface area contributed by atoms with Crippen molar-refractivity contribution in [3.8, 4) is 0 Å². The van der Waals surface area contributed by atoms with Crippen LogP contribution in [0.2, 0.25) is 5.02 Å². The lowest BCUT2D eigenvalue weighted by Gasteiger charge is -2.21. The molecule has 3 rings (SSSR count). The number of fused-ring (bicyclic) bond motifs is 1. The zero-order valence-corrected chi connectivity index (χ0v) is 13.3. The third kappa shape index (κ3) is 3.23. The van der Waals surface area contributed by atoms with Crippen LogP contribution in [0, 0.1) is 0 Å². The number of para-hydroxylation sites is 1. The van der Waals surface area contributed by atoms with Crippen LogP contribution in [0.4, 0.5) is 0 Å². The molecule has 3 aromatic rings. The van der Waals surface area contributed by atoms with Gasteiger partial charge in [-0.05, 0) is 31.2 Å². The topological polar surface area (TPSA) is 62.5 Å². The Morgan fingerprint density at radius 3 is 2.65 bits per heavy atom. The third-order valence-electron chi connectivity index (χ3n) is 3.67. The Labute approximate surface area is 138 Å². The minimum atomic E-state index is -1.32. The van der Waals surface area contributed by atoms with Crippen LogP contribution in [0.5, 0.6) is 0 Å². The van der Waals surface area contributed by atoms with Gasteiger partial charge in [-0.1, -0.05) is 41.9 Å². The first-order valence-corrected chi connectivity index (χ1v) is 7.59. The molecule has 118 valence electrons. The van der Waals surface area contributed by atoms with Crippen LogP contribution in [0.3, 0.4) is 0 Å². The molecule has 0 saturated heterocycles. The normalized spacial score (nSPS) is 13.7. The lowest BCUT2D eigenvalue weighted by Crippen LogP contribution is -2.38. The summed E-state index contributed by atoms with van der Waals surface area (Å²) in [4.78, 5) is 12.2. The van der Waals surface area contributed by atoms with Gasteiger partial charge in [-0.2, -0.15) is 0 Å². The van der Waals surface area contributed by atoms with Crippen molar-refractivity contribution in [3.05, 3.63) is 70.9 Å². The van der Waals surface area contributed by atoms with Crippen molar-refractivity contribution < 1.29 is 14.3 Å². The predicted octanol–water partition coefficient (Wildman–Crippen LogP) is 3.72. The summed E-state index contributed by atoms with van der Waals surface area (Å²) < 4.78 is 5.67. The van der Waals surface area contributed by atoms with Gasteiger partial charge < -0.3 is 14.8 Å². The summed E-state index contributed by atoms with van der Waals surface area (Å²) in [6.45, 7) is 1.61. The van der Waals surface area contributed by atoms with Crippen molar-refractivity contribution in [2.24, 2.45) is 0 Å². The van der Waals surface area contributed by atoms with Gasteiger partial charge in [0, 0.05) is 5.39 Å². The van der Waals surface area contributed by atoms with Crippen LogP contribution >= 0.6 is 11.6 Å². The van der Waals surface area contributed by atoms with E-state index in [2.05, 4.69) is 5.32 Å². The zero-order valence-electron chi connectivity index (χ0n) is 12.5. The SMILES string of the molecule is CC(O)(CNC(=O)c1ccccc1Cl)c1cc2ccccc2o1. The maximum Gasteiger partial charge on any atom is 0.252 e. The van der Waals surface area contributed by atoms with Gasteiger partial charge in [0.15, 0.2) is 0 Å². The first-order chi connectivity index (χ1) is 11.0. The van der Waals surface area contributed by atoms with E-state index in [0.29, 0.717) is 21.9 Å². The van der Waals surface area contributed by atoms with Crippen molar-refractivity contribution in [3.63, 3.8) is 0 Å². The molecule has 0 aliphatic rings. The molecular formula is C18H16ClNO3. The molecule has 5 heteroatoms. The van der Waals surface area contributed by atoms with E-state index in [1.807, 2.05) is 24.3 Å².